The third-order valence-corrected chi connectivity index (χ3v) is 4.10. The summed E-state index contributed by atoms with van der Waals surface area (Å²) in [6, 6.07) is 5.89. The Labute approximate surface area is 112 Å². The number of ether oxygens (including phenoxy) is 1. The molecule has 2 aliphatic heterocycles. The maximum Gasteiger partial charge on any atom is 0.254 e. The Hall–Kier alpha value is -1.42. The minimum Gasteiger partial charge on any atom is -0.373 e. The first-order valence-corrected chi connectivity index (χ1v) is 6.84. The van der Waals surface area contributed by atoms with Gasteiger partial charge in [-0.25, -0.2) is 4.39 Å². The number of hydrogen-bond acceptors (Lipinski definition) is 2. The quantitative estimate of drug-likeness (QED) is 0.779. The summed E-state index contributed by atoms with van der Waals surface area (Å²) in [5.74, 6) is 0.110. The van der Waals surface area contributed by atoms with E-state index in [1.54, 1.807) is 17.0 Å². The third kappa shape index (κ3) is 2.50. The van der Waals surface area contributed by atoms with Gasteiger partial charge in [0.25, 0.3) is 5.91 Å². The van der Waals surface area contributed by atoms with Crippen molar-refractivity contribution in [2.45, 2.75) is 32.0 Å². The number of hydrogen-bond donors (Lipinski definition) is 0. The van der Waals surface area contributed by atoms with E-state index in [9.17, 15) is 9.18 Å². The predicted octanol–water partition coefficient (Wildman–Crippen LogP) is 2.47. The summed E-state index contributed by atoms with van der Waals surface area (Å²) in [5.41, 5.74) is 0.421. The van der Waals surface area contributed by atoms with Crippen LogP contribution in [0.5, 0.6) is 0 Å². The van der Waals surface area contributed by atoms with E-state index in [-0.39, 0.29) is 17.8 Å². The van der Waals surface area contributed by atoms with Gasteiger partial charge in [0.05, 0.1) is 12.2 Å². The fraction of sp³-hybridized carbons (Fsp3) is 0.533. The molecule has 0 bridgehead atoms. The lowest BCUT2D eigenvalue weighted by Crippen LogP contribution is -2.45. The Morgan fingerprint density at radius 3 is 3.11 bits per heavy atom. The van der Waals surface area contributed by atoms with Crippen molar-refractivity contribution in [1.82, 2.24) is 4.90 Å². The molecule has 0 saturated carbocycles. The lowest BCUT2D eigenvalue weighted by atomic mass is 9.92. The Balaban J connectivity index is 1.71. The second-order valence-corrected chi connectivity index (χ2v) is 5.53. The minimum absolute atomic E-state index is 0.0962. The maximum atomic E-state index is 13.2. The van der Waals surface area contributed by atoms with Gasteiger partial charge < -0.3 is 9.64 Å². The molecule has 2 saturated heterocycles. The molecule has 19 heavy (non-hydrogen) atoms. The monoisotopic (exact) mass is 263 g/mol. The summed E-state index contributed by atoms with van der Waals surface area (Å²) in [7, 11) is 0. The first kappa shape index (κ1) is 12.6. The molecule has 1 aromatic carbocycles. The molecule has 2 heterocycles. The van der Waals surface area contributed by atoms with Crippen molar-refractivity contribution in [2.24, 2.45) is 5.92 Å². The highest BCUT2D eigenvalue weighted by Crippen LogP contribution is 2.33. The van der Waals surface area contributed by atoms with Crippen molar-refractivity contribution in [3.63, 3.8) is 0 Å². The summed E-state index contributed by atoms with van der Waals surface area (Å²) in [6.45, 7) is 3.45. The smallest absolute Gasteiger partial charge is 0.254 e. The number of piperidine rings is 1. The van der Waals surface area contributed by atoms with Crippen LogP contribution in [0.4, 0.5) is 4.39 Å². The van der Waals surface area contributed by atoms with E-state index in [1.165, 1.54) is 12.1 Å². The van der Waals surface area contributed by atoms with Crippen molar-refractivity contribution in [2.75, 3.05) is 13.1 Å². The van der Waals surface area contributed by atoms with Gasteiger partial charge >= 0.3 is 0 Å². The van der Waals surface area contributed by atoms with Gasteiger partial charge in [-0.3, -0.25) is 4.79 Å². The number of nitrogens with zero attached hydrogens (tertiary/aromatic N) is 1. The largest absolute Gasteiger partial charge is 0.373 e. The molecule has 1 aromatic rings. The van der Waals surface area contributed by atoms with Crippen LogP contribution in [0.2, 0.25) is 0 Å². The van der Waals surface area contributed by atoms with Gasteiger partial charge in [0.1, 0.15) is 5.82 Å². The molecule has 0 spiro atoms. The van der Waals surface area contributed by atoms with Crippen molar-refractivity contribution >= 4 is 5.91 Å². The van der Waals surface area contributed by atoms with Crippen LogP contribution >= 0.6 is 0 Å². The van der Waals surface area contributed by atoms with Crippen LogP contribution in [0.1, 0.15) is 30.1 Å². The number of carbonyl (C=O) groups excluding carboxylic acids is 1. The van der Waals surface area contributed by atoms with Crippen LogP contribution in [-0.2, 0) is 4.74 Å². The number of carbonyl (C=O) groups is 1. The van der Waals surface area contributed by atoms with Gasteiger partial charge in [-0.1, -0.05) is 6.07 Å². The molecule has 0 aromatic heterocycles. The van der Waals surface area contributed by atoms with Crippen molar-refractivity contribution in [3.8, 4) is 0 Å². The molecule has 3 nitrogen and oxygen atoms in total. The fourth-order valence-electron chi connectivity index (χ4n) is 3.16. The Morgan fingerprint density at radius 2 is 2.32 bits per heavy atom. The molecule has 0 radical (unpaired) electrons. The van der Waals surface area contributed by atoms with E-state index in [0.717, 1.165) is 19.4 Å². The summed E-state index contributed by atoms with van der Waals surface area (Å²) in [5, 5.41) is 0. The molecule has 2 aliphatic rings. The third-order valence-electron chi connectivity index (χ3n) is 4.10. The zero-order valence-electron chi connectivity index (χ0n) is 11.0. The number of benzene rings is 1. The van der Waals surface area contributed by atoms with Crippen molar-refractivity contribution < 1.29 is 13.9 Å². The van der Waals surface area contributed by atoms with Crippen LogP contribution < -0.4 is 0 Å². The zero-order valence-corrected chi connectivity index (χ0v) is 11.0. The molecular weight excluding hydrogens is 245 g/mol. The summed E-state index contributed by atoms with van der Waals surface area (Å²) >= 11 is 0. The topological polar surface area (TPSA) is 29.5 Å². The fourth-order valence-corrected chi connectivity index (χ4v) is 3.16. The average Bonchev–Trinajstić information content (AvgIpc) is 2.76. The molecule has 102 valence electrons. The van der Waals surface area contributed by atoms with Crippen LogP contribution in [0, 0.1) is 11.7 Å². The van der Waals surface area contributed by atoms with Gasteiger partial charge in [-0.05, 0) is 43.9 Å². The SMILES string of the molecule is C[C@H]1C[C@@H]2CCN(C(=O)c3cccc(F)c3)C[C@H]2O1. The standard InChI is InChI=1S/C15H18FNO2/c1-10-7-11-5-6-17(9-14(11)19-10)15(18)12-3-2-4-13(16)8-12/h2-4,8,10-11,14H,5-7,9H2,1H3/t10-,11-,14+/m0/s1. The Kier molecular flexibility index (Phi) is 3.27. The summed E-state index contributed by atoms with van der Waals surface area (Å²) in [4.78, 5) is 14.1. The van der Waals surface area contributed by atoms with Crippen LogP contribution in [0.3, 0.4) is 0 Å². The van der Waals surface area contributed by atoms with Crippen LogP contribution in [-0.4, -0.2) is 36.1 Å². The molecule has 3 atom stereocenters. The molecule has 4 heteroatoms. The van der Waals surface area contributed by atoms with Gasteiger partial charge in [0, 0.05) is 18.7 Å². The first-order chi connectivity index (χ1) is 9.13. The number of halogens is 1. The number of fused-ring (bicyclic) bond motifs is 1. The van der Waals surface area contributed by atoms with Crippen LogP contribution in [0.25, 0.3) is 0 Å². The molecule has 0 N–H and O–H groups in total. The van der Waals surface area contributed by atoms with Gasteiger partial charge in [-0.15, -0.1) is 0 Å². The summed E-state index contributed by atoms with van der Waals surface area (Å²) < 4.78 is 19.0. The number of rotatable bonds is 1. The normalized spacial score (nSPS) is 30.2. The van der Waals surface area contributed by atoms with E-state index >= 15 is 0 Å². The lowest BCUT2D eigenvalue weighted by molar-refractivity contribution is 0.00155. The highest BCUT2D eigenvalue weighted by molar-refractivity contribution is 5.94. The second kappa shape index (κ2) is 4.93. The van der Waals surface area contributed by atoms with E-state index in [0.29, 0.717) is 24.1 Å². The molecule has 0 unspecified atom stereocenters. The van der Waals surface area contributed by atoms with Gasteiger partial charge in [0.2, 0.25) is 0 Å². The predicted molar refractivity (Wildman–Crippen MR) is 69.4 cm³/mol. The number of likely N-dealkylation sites (tertiary alicyclic amines) is 1. The second-order valence-electron chi connectivity index (χ2n) is 5.53. The van der Waals surface area contributed by atoms with Gasteiger partial charge in [0.15, 0.2) is 0 Å². The highest BCUT2D eigenvalue weighted by atomic mass is 19.1. The van der Waals surface area contributed by atoms with Gasteiger partial charge in [-0.2, -0.15) is 0 Å². The molecule has 1 amide bonds. The molecular formula is C15H18FNO2. The Bertz CT molecular complexity index is 491. The summed E-state index contributed by atoms with van der Waals surface area (Å²) in [6.07, 6.45) is 2.52. The lowest BCUT2D eigenvalue weighted by Gasteiger charge is -2.34. The average molecular weight is 263 g/mol. The van der Waals surface area contributed by atoms with E-state index in [1.807, 2.05) is 0 Å². The van der Waals surface area contributed by atoms with Crippen molar-refractivity contribution in [3.05, 3.63) is 35.6 Å². The van der Waals surface area contributed by atoms with Crippen LogP contribution in [0.15, 0.2) is 24.3 Å². The number of amides is 1. The minimum atomic E-state index is -0.369. The first-order valence-electron chi connectivity index (χ1n) is 6.84. The maximum absolute atomic E-state index is 13.2. The van der Waals surface area contributed by atoms with E-state index in [2.05, 4.69) is 6.92 Å². The van der Waals surface area contributed by atoms with E-state index < -0.39 is 0 Å². The van der Waals surface area contributed by atoms with E-state index in [4.69, 9.17) is 4.74 Å². The van der Waals surface area contributed by atoms with Crippen molar-refractivity contribution in [1.29, 1.82) is 0 Å². The zero-order chi connectivity index (χ0) is 13.4. The highest BCUT2D eigenvalue weighted by Gasteiger charge is 2.38. The molecule has 0 aliphatic carbocycles. The Morgan fingerprint density at radius 1 is 1.47 bits per heavy atom. The molecule has 3 rings (SSSR count). The molecule has 2 fully saturated rings.